The van der Waals surface area contributed by atoms with E-state index in [9.17, 15) is 4.79 Å². The molecule has 3 rings (SSSR count). The first-order valence-electron chi connectivity index (χ1n) is 8.97. The van der Waals surface area contributed by atoms with Gasteiger partial charge in [-0.3, -0.25) is 4.79 Å². The number of methoxy groups -OCH3 is 1. The highest BCUT2D eigenvalue weighted by molar-refractivity contribution is 5.85. The van der Waals surface area contributed by atoms with Crippen LogP contribution in [0, 0.1) is 5.92 Å². The third-order valence-corrected chi connectivity index (χ3v) is 5.27. The number of halogens is 1. The molecule has 0 bridgehead atoms. The second-order valence-corrected chi connectivity index (χ2v) is 6.84. The largest absolute Gasteiger partial charge is 0.496 e. The van der Waals surface area contributed by atoms with Gasteiger partial charge < -0.3 is 20.1 Å². The first kappa shape index (κ1) is 20.0. The number of amides is 1. The lowest BCUT2D eigenvalue weighted by Crippen LogP contribution is -2.44. The molecule has 0 aliphatic carbocycles. The lowest BCUT2D eigenvalue weighted by atomic mass is 9.89. The standard InChI is InChI=1S/C19H28N2O3.ClH/c1-23-17-5-3-2-4-15(17)12-14-8-10-21(11-9-14)19(22)18-7-6-16(13-20)24-18;/h2-5,14,16,18H,6-13,20H2,1H3;1H/t16-,18+;/m1./s1. The number of benzene rings is 1. The Morgan fingerprint density at radius 2 is 1.96 bits per heavy atom. The molecule has 2 aliphatic rings. The van der Waals surface area contributed by atoms with Crippen LogP contribution in [-0.4, -0.2) is 49.8 Å². The molecule has 0 spiro atoms. The molecule has 2 fully saturated rings. The zero-order valence-electron chi connectivity index (χ0n) is 14.9. The Hall–Kier alpha value is -1.30. The van der Waals surface area contributed by atoms with Crippen molar-refractivity contribution < 1.29 is 14.3 Å². The highest BCUT2D eigenvalue weighted by Gasteiger charge is 2.34. The lowest BCUT2D eigenvalue weighted by Gasteiger charge is -2.33. The van der Waals surface area contributed by atoms with E-state index >= 15 is 0 Å². The minimum Gasteiger partial charge on any atom is -0.496 e. The molecule has 1 aromatic carbocycles. The molecule has 25 heavy (non-hydrogen) atoms. The highest BCUT2D eigenvalue weighted by atomic mass is 35.5. The summed E-state index contributed by atoms with van der Waals surface area (Å²) < 4.78 is 11.2. The molecule has 2 N–H and O–H groups in total. The van der Waals surface area contributed by atoms with E-state index in [0.717, 1.165) is 50.9 Å². The summed E-state index contributed by atoms with van der Waals surface area (Å²) in [5.41, 5.74) is 6.89. The van der Waals surface area contributed by atoms with Crippen molar-refractivity contribution in [1.82, 2.24) is 4.90 Å². The third-order valence-electron chi connectivity index (χ3n) is 5.27. The van der Waals surface area contributed by atoms with Gasteiger partial charge in [0.15, 0.2) is 0 Å². The maximum atomic E-state index is 12.6. The first-order chi connectivity index (χ1) is 11.7. The maximum absolute atomic E-state index is 12.6. The average Bonchev–Trinajstić information content (AvgIpc) is 3.11. The van der Waals surface area contributed by atoms with Crippen molar-refractivity contribution in [3.8, 4) is 5.75 Å². The summed E-state index contributed by atoms with van der Waals surface area (Å²) in [4.78, 5) is 14.5. The molecule has 1 aromatic rings. The van der Waals surface area contributed by atoms with Crippen LogP contribution in [0.2, 0.25) is 0 Å². The van der Waals surface area contributed by atoms with Crippen molar-refractivity contribution in [2.24, 2.45) is 11.7 Å². The molecular weight excluding hydrogens is 340 g/mol. The van der Waals surface area contributed by atoms with E-state index in [0.29, 0.717) is 12.5 Å². The molecule has 0 radical (unpaired) electrons. The summed E-state index contributed by atoms with van der Waals surface area (Å²) in [6.45, 7) is 2.16. The second-order valence-electron chi connectivity index (χ2n) is 6.84. The van der Waals surface area contributed by atoms with Gasteiger partial charge in [0.2, 0.25) is 0 Å². The molecule has 0 unspecified atom stereocenters. The molecular formula is C19H29ClN2O3. The van der Waals surface area contributed by atoms with Crippen LogP contribution in [-0.2, 0) is 16.0 Å². The van der Waals surface area contributed by atoms with Crippen molar-refractivity contribution in [3.63, 3.8) is 0 Å². The molecule has 2 atom stereocenters. The Balaban J connectivity index is 0.00000225. The number of piperidine rings is 1. The van der Waals surface area contributed by atoms with E-state index in [1.807, 2.05) is 17.0 Å². The van der Waals surface area contributed by atoms with Gasteiger partial charge in [-0.05, 0) is 49.7 Å². The third kappa shape index (κ3) is 4.87. The normalized spacial score (nSPS) is 24.0. The molecule has 2 heterocycles. The Labute approximate surface area is 156 Å². The summed E-state index contributed by atoms with van der Waals surface area (Å²) in [7, 11) is 1.72. The molecule has 1 amide bonds. The predicted molar refractivity (Wildman–Crippen MR) is 100 cm³/mol. The van der Waals surface area contributed by atoms with Gasteiger partial charge in [-0.15, -0.1) is 12.4 Å². The molecule has 0 aromatic heterocycles. The zero-order valence-corrected chi connectivity index (χ0v) is 15.7. The Bertz CT molecular complexity index is 561. The van der Waals surface area contributed by atoms with Crippen molar-refractivity contribution in [2.75, 3.05) is 26.7 Å². The Kier molecular flexibility index (Phi) is 7.54. The fourth-order valence-electron chi connectivity index (χ4n) is 3.80. The van der Waals surface area contributed by atoms with Gasteiger partial charge in [0.1, 0.15) is 11.9 Å². The van der Waals surface area contributed by atoms with Gasteiger partial charge in [-0.1, -0.05) is 18.2 Å². The minimum atomic E-state index is -0.274. The molecule has 140 valence electrons. The number of para-hydroxylation sites is 1. The molecule has 6 heteroatoms. The SMILES string of the molecule is COc1ccccc1CC1CCN(C(=O)[C@@H]2CC[C@H](CN)O2)CC1.Cl. The fraction of sp³-hybridized carbons (Fsp3) is 0.632. The summed E-state index contributed by atoms with van der Waals surface area (Å²) >= 11 is 0. The summed E-state index contributed by atoms with van der Waals surface area (Å²) in [6, 6.07) is 8.20. The lowest BCUT2D eigenvalue weighted by molar-refractivity contribution is -0.144. The van der Waals surface area contributed by atoms with Gasteiger partial charge in [0.05, 0.1) is 13.2 Å². The predicted octanol–water partition coefficient (Wildman–Crippen LogP) is 2.40. The number of ether oxygens (including phenoxy) is 2. The Morgan fingerprint density at radius 1 is 1.24 bits per heavy atom. The smallest absolute Gasteiger partial charge is 0.251 e. The first-order valence-corrected chi connectivity index (χ1v) is 8.97. The van der Waals surface area contributed by atoms with Gasteiger partial charge in [0, 0.05) is 19.6 Å². The van der Waals surface area contributed by atoms with Crippen molar-refractivity contribution in [1.29, 1.82) is 0 Å². The molecule has 2 saturated heterocycles. The van der Waals surface area contributed by atoms with Crippen molar-refractivity contribution in [3.05, 3.63) is 29.8 Å². The molecule has 2 aliphatic heterocycles. The van der Waals surface area contributed by atoms with E-state index < -0.39 is 0 Å². The number of hydrogen-bond acceptors (Lipinski definition) is 4. The van der Waals surface area contributed by atoms with E-state index in [1.54, 1.807) is 7.11 Å². The number of rotatable bonds is 5. The fourth-order valence-corrected chi connectivity index (χ4v) is 3.80. The number of nitrogens with two attached hydrogens (primary N) is 1. The number of carbonyl (C=O) groups is 1. The van der Waals surface area contributed by atoms with Crippen LogP contribution in [0.4, 0.5) is 0 Å². The van der Waals surface area contributed by atoms with Crippen LogP contribution in [0.3, 0.4) is 0 Å². The second kappa shape index (κ2) is 9.41. The van der Waals surface area contributed by atoms with E-state index in [1.165, 1.54) is 5.56 Å². The number of carbonyl (C=O) groups excluding carboxylic acids is 1. The Morgan fingerprint density at radius 3 is 2.60 bits per heavy atom. The number of hydrogen-bond donors (Lipinski definition) is 1. The van der Waals surface area contributed by atoms with E-state index in [4.69, 9.17) is 15.2 Å². The van der Waals surface area contributed by atoms with Crippen molar-refractivity contribution >= 4 is 18.3 Å². The van der Waals surface area contributed by atoms with Gasteiger partial charge in [-0.25, -0.2) is 0 Å². The van der Waals surface area contributed by atoms with Gasteiger partial charge >= 0.3 is 0 Å². The maximum Gasteiger partial charge on any atom is 0.251 e. The number of nitrogens with zero attached hydrogens (tertiary/aromatic N) is 1. The topological polar surface area (TPSA) is 64.8 Å². The summed E-state index contributed by atoms with van der Waals surface area (Å²) in [6.07, 6.45) is 4.58. The van der Waals surface area contributed by atoms with Gasteiger partial charge in [0.25, 0.3) is 5.91 Å². The van der Waals surface area contributed by atoms with E-state index in [2.05, 4.69) is 12.1 Å². The summed E-state index contributed by atoms with van der Waals surface area (Å²) in [5.74, 6) is 1.72. The average molecular weight is 369 g/mol. The molecule has 5 nitrogen and oxygen atoms in total. The van der Waals surface area contributed by atoms with Crippen LogP contribution in [0.1, 0.15) is 31.2 Å². The monoisotopic (exact) mass is 368 g/mol. The zero-order chi connectivity index (χ0) is 16.9. The minimum absolute atomic E-state index is 0. The molecule has 0 saturated carbocycles. The van der Waals surface area contributed by atoms with E-state index in [-0.39, 0.29) is 30.5 Å². The van der Waals surface area contributed by atoms with Crippen LogP contribution in [0.15, 0.2) is 24.3 Å². The van der Waals surface area contributed by atoms with Crippen LogP contribution in [0.5, 0.6) is 5.75 Å². The highest BCUT2D eigenvalue weighted by Crippen LogP contribution is 2.28. The summed E-state index contributed by atoms with van der Waals surface area (Å²) in [5, 5.41) is 0. The number of likely N-dealkylation sites (tertiary alicyclic amines) is 1. The van der Waals surface area contributed by atoms with Crippen LogP contribution < -0.4 is 10.5 Å². The van der Waals surface area contributed by atoms with Crippen molar-refractivity contribution in [2.45, 2.75) is 44.3 Å². The van der Waals surface area contributed by atoms with Gasteiger partial charge in [-0.2, -0.15) is 0 Å². The van der Waals surface area contributed by atoms with Crippen LogP contribution in [0.25, 0.3) is 0 Å². The quantitative estimate of drug-likeness (QED) is 0.866. The van der Waals surface area contributed by atoms with Crippen LogP contribution >= 0.6 is 12.4 Å².